The molecular weight excluding hydrogens is 208 g/mol. The van der Waals surface area contributed by atoms with Crippen molar-refractivity contribution in [2.24, 2.45) is 0 Å². The van der Waals surface area contributed by atoms with Crippen LogP contribution in [0.3, 0.4) is 0 Å². The first-order chi connectivity index (χ1) is 7.81. The lowest BCUT2D eigenvalue weighted by Crippen LogP contribution is -2.37. The molecule has 2 aliphatic heterocycles. The minimum absolute atomic E-state index is 0.101. The molecule has 0 aliphatic carbocycles. The molecule has 0 radical (unpaired) electrons. The maximum atomic E-state index is 11.5. The Labute approximate surface area is 96.0 Å². The van der Waals surface area contributed by atoms with Crippen LogP contribution in [0, 0.1) is 0 Å². The number of carbonyl (C=O) groups is 1. The van der Waals surface area contributed by atoms with Crippen molar-refractivity contribution < 1.29 is 14.6 Å². The number of ether oxygens (including phenoxy) is 1. The Bertz CT molecular complexity index is 241. The molecule has 2 rings (SSSR count). The van der Waals surface area contributed by atoms with Crippen LogP contribution < -0.4 is 0 Å². The van der Waals surface area contributed by atoms with Gasteiger partial charge < -0.3 is 14.7 Å². The highest BCUT2D eigenvalue weighted by Crippen LogP contribution is 2.20. The maximum absolute atomic E-state index is 11.5. The van der Waals surface area contributed by atoms with E-state index >= 15 is 0 Å². The van der Waals surface area contributed by atoms with Gasteiger partial charge in [-0.1, -0.05) is 0 Å². The Balaban J connectivity index is 1.76. The summed E-state index contributed by atoms with van der Waals surface area (Å²) in [5.41, 5.74) is 0. The molecule has 0 aromatic heterocycles. The van der Waals surface area contributed by atoms with Crippen LogP contribution in [0.1, 0.15) is 19.3 Å². The molecule has 1 amide bonds. The first-order valence-electron chi connectivity index (χ1n) is 6.08. The van der Waals surface area contributed by atoms with Crippen molar-refractivity contribution in [3.05, 3.63) is 0 Å². The van der Waals surface area contributed by atoms with Crippen molar-refractivity contribution >= 4 is 6.09 Å². The molecule has 1 atom stereocenters. The van der Waals surface area contributed by atoms with Crippen LogP contribution in [0.5, 0.6) is 0 Å². The molecule has 2 heterocycles. The van der Waals surface area contributed by atoms with Crippen LogP contribution >= 0.6 is 0 Å². The van der Waals surface area contributed by atoms with E-state index in [0.29, 0.717) is 6.04 Å². The predicted molar refractivity (Wildman–Crippen MR) is 59.2 cm³/mol. The fraction of sp³-hybridized carbons (Fsp3) is 0.909. The lowest BCUT2D eigenvalue weighted by atomic mass is 10.2. The summed E-state index contributed by atoms with van der Waals surface area (Å²) in [4.78, 5) is 15.8. The average Bonchev–Trinajstić information content (AvgIpc) is 2.94. The van der Waals surface area contributed by atoms with Crippen LogP contribution in [0.25, 0.3) is 0 Å². The largest absolute Gasteiger partial charge is 0.447 e. The normalized spacial score (nSPS) is 26.3. The van der Waals surface area contributed by atoms with Gasteiger partial charge in [-0.25, -0.2) is 4.79 Å². The molecule has 92 valence electrons. The summed E-state index contributed by atoms with van der Waals surface area (Å²) >= 11 is 0. The van der Waals surface area contributed by atoms with E-state index in [1.54, 1.807) is 4.90 Å². The molecular formula is C11H20N2O3. The molecule has 0 saturated carbocycles. The Kier molecular flexibility index (Phi) is 4.01. The van der Waals surface area contributed by atoms with Crippen LogP contribution in [0.15, 0.2) is 0 Å². The van der Waals surface area contributed by atoms with E-state index in [0.717, 1.165) is 19.5 Å². The Morgan fingerprint density at radius 2 is 2.06 bits per heavy atom. The van der Waals surface area contributed by atoms with Crippen molar-refractivity contribution in [2.45, 2.75) is 25.3 Å². The lowest BCUT2D eigenvalue weighted by molar-refractivity contribution is 0.0883. The molecule has 0 spiro atoms. The molecule has 2 fully saturated rings. The first-order valence-corrected chi connectivity index (χ1v) is 6.08. The van der Waals surface area contributed by atoms with E-state index in [1.165, 1.54) is 25.9 Å². The van der Waals surface area contributed by atoms with E-state index in [2.05, 4.69) is 4.90 Å². The average molecular weight is 228 g/mol. The maximum Gasteiger partial charge on any atom is 0.409 e. The standard InChI is InChI=1S/C11H20N2O3/c14-7-8-16-11(15)13-6-3-10(9-13)12-4-1-2-5-12/h10,14H,1-9H2. The topological polar surface area (TPSA) is 53.0 Å². The van der Waals surface area contributed by atoms with Crippen LogP contribution in [-0.4, -0.2) is 66.4 Å². The number of carbonyl (C=O) groups excluding carboxylic acids is 1. The van der Waals surface area contributed by atoms with E-state index in [4.69, 9.17) is 9.84 Å². The summed E-state index contributed by atoms with van der Waals surface area (Å²) in [6, 6.07) is 0.518. The third-order valence-corrected chi connectivity index (χ3v) is 3.40. The number of aliphatic hydroxyl groups is 1. The van der Waals surface area contributed by atoms with Gasteiger partial charge in [-0.2, -0.15) is 0 Å². The second-order valence-electron chi connectivity index (χ2n) is 4.47. The zero-order valence-electron chi connectivity index (χ0n) is 9.60. The highest BCUT2D eigenvalue weighted by atomic mass is 16.6. The van der Waals surface area contributed by atoms with E-state index in [1.807, 2.05) is 0 Å². The van der Waals surface area contributed by atoms with Gasteiger partial charge in [-0.05, 0) is 32.4 Å². The van der Waals surface area contributed by atoms with Crippen molar-refractivity contribution in [1.82, 2.24) is 9.80 Å². The highest BCUT2D eigenvalue weighted by molar-refractivity contribution is 5.68. The summed E-state index contributed by atoms with van der Waals surface area (Å²) in [7, 11) is 0. The van der Waals surface area contributed by atoms with E-state index in [9.17, 15) is 4.79 Å². The van der Waals surface area contributed by atoms with Gasteiger partial charge in [0.05, 0.1) is 6.61 Å². The van der Waals surface area contributed by atoms with Gasteiger partial charge in [0, 0.05) is 19.1 Å². The SMILES string of the molecule is O=C(OCCO)N1CCC(N2CCCC2)C1. The Morgan fingerprint density at radius 1 is 1.31 bits per heavy atom. The number of amides is 1. The van der Waals surface area contributed by atoms with Crippen molar-refractivity contribution in [3.8, 4) is 0 Å². The summed E-state index contributed by atoms with van der Waals surface area (Å²) < 4.78 is 4.90. The van der Waals surface area contributed by atoms with Crippen LogP contribution in [0.4, 0.5) is 4.79 Å². The second-order valence-corrected chi connectivity index (χ2v) is 4.47. The predicted octanol–water partition coefficient (Wildman–Crippen LogP) is 0.285. The van der Waals surface area contributed by atoms with Gasteiger partial charge in [-0.3, -0.25) is 4.90 Å². The smallest absolute Gasteiger partial charge is 0.409 e. The van der Waals surface area contributed by atoms with Crippen LogP contribution in [0.2, 0.25) is 0 Å². The molecule has 0 aromatic carbocycles. The minimum atomic E-state index is -0.282. The minimum Gasteiger partial charge on any atom is -0.447 e. The second kappa shape index (κ2) is 5.50. The molecule has 5 heteroatoms. The molecule has 0 bridgehead atoms. The quantitative estimate of drug-likeness (QED) is 0.754. The van der Waals surface area contributed by atoms with Gasteiger partial charge in [0.2, 0.25) is 0 Å². The summed E-state index contributed by atoms with van der Waals surface area (Å²) in [6.45, 7) is 3.91. The third-order valence-electron chi connectivity index (χ3n) is 3.40. The van der Waals surface area contributed by atoms with Gasteiger partial charge in [0.25, 0.3) is 0 Å². The summed E-state index contributed by atoms with van der Waals surface area (Å²) in [5, 5.41) is 8.58. The number of hydrogen-bond acceptors (Lipinski definition) is 4. The third kappa shape index (κ3) is 2.65. The van der Waals surface area contributed by atoms with Gasteiger partial charge in [0.15, 0.2) is 0 Å². The van der Waals surface area contributed by atoms with Gasteiger partial charge >= 0.3 is 6.09 Å². The number of nitrogens with zero attached hydrogens (tertiary/aromatic N) is 2. The van der Waals surface area contributed by atoms with Crippen molar-refractivity contribution in [2.75, 3.05) is 39.4 Å². The monoisotopic (exact) mass is 228 g/mol. The zero-order chi connectivity index (χ0) is 11.4. The molecule has 1 unspecified atom stereocenters. The fourth-order valence-electron chi connectivity index (χ4n) is 2.54. The van der Waals surface area contributed by atoms with Gasteiger partial charge in [-0.15, -0.1) is 0 Å². The summed E-state index contributed by atoms with van der Waals surface area (Å²) in [5.74, 6) is 0. The molecule has 5 nitrogen and oxygen atoms in total. The number of aliphatic hydroxyl groups excluding tert-OH is 1. The fourth-order valence-corrected chi connectivity index (χ4v) is 2.54. The molecule has 2 aliphatic rings. The lowest BCUT2D eigenvalue weighted by Gasteiger charge is -2.23. The Hall–Kier alpha value is -0.810. The van der Waals surface area contributed by atoms with Gasteiger partial charge in [0.1, 0.15) is 6.61 Å². The first kappa shape index (κ1) is 11.7. The highest BCUT2D eigenvalue weighted by Gasteiger charge is 2.32. The number of likely N-dealkylation sites (tertiary alicyclic amines) is 2. The molecule has 1 N–H and O–H groups in total. The van der Waals surface area contributed by atoms with Crippen molar-refractivity contribution in [3.63, 3.8) is 0 Å². The summed E-state index contributed by atoms with van der Waals surface area (Å²) in [6.07, 6.45) is 3.33. The van der Waals surface area contributed by atoms with E-state index in [-0.39, 0.29) is 19.3 Å². The molecule has 16 heavy (non-hydrogen) atoms. The molecule has 2 saturated heterocycles. The van der Waals surface area contributed by atoms with Crippen LogP contribution in [-0.2, 0) is 4.74 Å². The molecule has 0 aromatic rings. The number of hydrogen-bond donors (Lipinski definition) is 1. The zero-order valence-corrected chi connectivity index (χ0v) is 9.60. The Morgan fingerprint density at radius 3 is 2.75 bits per heavy atom. The number of rotatable bonds is 3. The van der Waals surface area contributed by atoms with E-state index < -0.39 is 0 Å². The van der Waals surface area contributed by atoms with Crippen molar-refractivity contribution in [1.29, 1.82) is 0 Å².